The number of piperidine rings is 1. The molecule has 1 saturated heterocycles. The summed E-state index contributed by atoms with van der Waals surface area (Å²) in [6, 6.07) is 4.54. The highest BCUT2D eigenvalue weighted by Crippen LogP contribution is 2.22. The third-order valence-electron chi connectivity index (χ3n) is 6.00. The van der Waals surface area contributed by atoms with E-state index in [-0.39, 0.29) is 28.5 Å². The lowest BCUT2D eigenvalue weighted by molar-refractivity contribution is -0.142. The van der Waals surface area contributed by atoms with Gasteiger partial charge in [0.15, 0.2) is 0 Å². The quantitative estimate of drug-likeness (QED) is 0.504. The number of benzene rings is 1. The summed E-state index contributed by atoms with van der Waals surface area (Å²) in [5.41, 5.74) is 0.933. The largest absolute Gasteiger partial charge is 0.480 e. The number of likely N-dealkylation sites (tertiary alicyclic amines) is 1. The van der Waals surface area contributed by atoms with Gasteiger partial charge in [0.2, 0.25) is 21.8 Å². The highest BCUT2D eigenvalue weighted by molar-refractivity contribution is 7.89. The first-order valence-electron chi connectivity index (χ1n) is 10.9. The maximum Gasteiger partial charge on any atom is 0.325 e. The van der Waals surface area contributed by atoms with E-state index in [4.69, 9.17) is 5.11 Å². The molecule has 0 saturated carbocycles. The molecule has 2 rings (SSSR count). The lowest BCUT2D eigenvalue weighted by Gasteiger charge is -2.35. The minimum absolute atomic E-state index is 0.104. The molecule has 3 N–H and O–H groups in total. The highest BCUT2D eigenvalue weighted by atomic mass is 32.2. The fraction of sp³-hybridized carbons (Fsp3) is 0.591. The summed E-state index contributed by atoms with van der Waals surface area (Å²) in [5.74, 6) is -2.37. The number of carboxylic acids is 1. The second-order valence-corrected chi connectivity index (χ2v) is 10.2. The first-order chi connectivity index (χ1) is 15.0. The number of hydrogen-bond acceptors (Lipinski definition) is 5. The average molecular weight is 468 g/mol. The predicted molar refractivity (Wildman–Crippen MR) is 119 cm³/mol. The molecule has 3 atom stereocenters. The molecule has 0 spiro atoms. The molecular weight excluding hydrogens is 434 g/mol. The van der Waals surface area contributed by atoms with Crippen molar-refractivity contribution in [1.82, 2.24) is 14.9 Å². The van der Waals surface area contributed by atoms with Gasteiger partial charge in [0, 0.05) is 19.0 Å². The van der Waals surface area contributed by atoms with Gasteiger partial charge in [0.05, 0.1) is 4.90 Å². The van der Waals surface area contributed by atoms with Crippen molar-refractivity contribution in [3.05, 3.63) is 29.8 Å². The molecule has 178 valence electrons. The van der Waals surface area contributed by atoms with Crippen LogP contribution in [0.1, 0.15) is 45.6 Å². The van der Waals surface area contributed by atoms with E-state index in [2.05, 4.69) is 10.0 Å². The maximum absolute atomic E-state index is 13.2. The molecule has 1 aliphatic heterocycles. The summed E-state index contributed by atoms with van der Waals surface area (Å²) in [7, 11) is -3.88. The summed E-state index contributed by atoms with van der Waals surface area (Å²) < 4.78 is 28.3. The first kappa shape index (κ1) is 25.8. The molecule has 0 radical (unpaired) electrons. The lowest BCUT2D eigenvalue weighted by atomic mass is 9.93. The second kappa shape index (κ2) is 10.9. The number of aryl methyl sites for hydroxylation is 1. The highest BCUT2D eigenvalue weighted by Gasteiger charge is 2.35. The number of hydrogen-bond donors (Lipinski definition) is 3. The van der Waals surface area contributed by atoms with Crippen molar-refractivity contribution in [2.75, 3.05) is 13.1 Å². The molecule has 1 fully saturated rings. The van der Waals surface area contributed by atoms with Crippen LogP contribution in [0.3, 0.4) is 0 Å². The van der Waals surface area contributed by atoms with Gasteiger partial charge < -0.3 is 15.3 Å². The zero-order chi connectivity index (χ0) is 24.1. The maximum atomic E-state index is 13.2. The predicted octanol–water partition coefficient (Wildman–Crippen LogP) is 1.52. The van der Waals surface area contributed by atoms with Gasteiger partial charge in [-0.15, -0.1) is 0 Å². The zero-order valence-electron chi connectivity index (χ0n) is 19.0. The molecule has 0 aromatic heterocycles. The van der Waals surface area contributed by atoms with Gasteiger partial charge in [-0.05, 0) is 44.7 Å². The van der Waals surface area contributed by atoms with Crippen LogP contribution in [0.2, 0.25) is 0 Å². The van der Waals surface area contributed by atoms with Crippen molar-refractivity contribution in [3.8, 4) is 0 Å². The summed E-state index contributed by atoms with van der Waals surface area (Å²) >= 11 is 0. The minimum atomic E-state index is -3.88. The molecule has 2 amide bonds. The fourth-order valence-electron chi connectivity index (χ4n) is 3.55. The molecule has 0 bridgehead atoms. The van der Waals surface area contributed by atoms with Crippen molar-refractivity contribution in [1.29, 1.82) is 0 Å². The molecule has 1 aliphatic rings. The summed E-state index contributed by atoms with van der Waals surface area (Å²) in [6.45, 7) is 7.59. The van der Waals surface area contributed by atoms with E-state index in [1.54, 1.807) is 17.0 Å². The number of carboxylic acid groups (broad SMARTS) is 1. The number of amides is 2. The van der Waals surface area contributed by atoms with Crippen LogP contribution in [-0.4, -0.2) is 61.4 Å². The third kappa shape index (κ3) is 6.52. The van der Waals surface area contributed by atoms with Gasteiger partial charge >= 0.3 is 5.97 Å². The van der Waals surface area contributed by atoms with Gasteiger partial charge in [-0.1, -0.05) is 38.0 Å². The Labute approximate surface area is 189 Å². The van der Waals surface area contributed by atoms with Gasteiger partial charge in [0.1, 0.15) is 12.1 Å². The van der Waals surface area contributed by atoms with E-state index in [0.29, 0.717) is 32.4 Å². The Bertz CT molecular complexity index is 923. The summed E-state index contributed by atoms with van der Waals surface area (Å²) in [6.07, 6.45) is 1.39. The Morgan fingerprint density at radius 2 is 1.69 bits per heavy atom. The van der Waals surface area contributed by atoms with Crippen LogP contribution in [-0.2, 0) is 24.4 Å². The van der Waals surface area contributed by atoms with Crippen LogP contribution in [0.5, 0.6) is 0 Å². The van der Waals surface area contributed by atoms with Crippen LogP contribution in [0.25, 0.3) is 0 Å². The van der Waals surface area contributed by atoms with Crippen LogP contribution < -0.4 is 10.0 Å². The standard InChI is InChI=1S/C22H33N3O6S/c1-5-15(3)19(24-32(30,31)18-8-6-14(2)7-9-18)21(27)25-12-10-17(11-13-25)20(26)23-16(4)22(28)29/h6-9,15-17,19,24H,5,10-13H2,1-4H3,(H,23,26)(H,28,29)/t15-,16-,19+/m0/s1. The van der Waals surface area contributed by atoms with Crippen LogP contribution in [0.15, 0.2) is 29.2 Å². The van der Waals surface area contributed by atoms with E-state index < -0.39 is 28.1 Å². The van der Waals surface area contributed by atoms with E-state index in [1.165, 1.54) is 19.1 Å². The Hall–Kier alpha value is -2.46. The zero-order valence-corrected chi connectivity index (χ0v) is 19.8. The number of sulfonamides is 1. The van der Waals surface area contributed by atoms with Crippen molar-refractivity contribution < 1.29 is 27.9 Å². The monoisotopic (exact) mass is 467 g/mol. The van der Waals surface area contributed by atoms with Crippen LogP contribution in [0, 0.1) is 18.8 Å². The number of nitrogens with one attached hydrogen (secondary N) is 2. The molecule has 9 nitrogen and oxygen atoms in total. The molecule has 1 aromatic carbocycles. The fourth-order valence-corrected chi connectivity index (χ4v) is 4.85. The van der Waals surface area contributed by atoms with E-state index >= 15 is 0 Å². The van der Waals surface area contributed by atoms with Crippen molar-refractivity contribution in [2.24, 2.45) is 11.8 Å². The molecule has 1 heterocycles. The molecule has 10 heteroatoms. The third-order valence-corrected chi connectivity index (χ3v) is 7.46. The number of aliphatic carboxylic acids is 1. The van der Waals surface area contributed by atoms with Crippen molar-refractivity contribution in [3.63, 3.8) is 0 Å². The smallest absolute Gasteiger partial charge is 0.325 e. The Morgan fingerprint density at radius 3 is 2.19 bits per heavy atom. The normalized spacial score (nSPS) is 17.9. The first-order valence-corrected chi connectivity index (χ1v) is 12.4. The van der Waals surface area contributed by atoms with Crippen LogP contribution >= 0.6 is 0 Å². The topological polar surface area (TPSA) is 133 Å². The van der Waals surface area contributed by atoms with Gasteiger partial charge in [-0.3, -0.25) is 14.4 Å². The average Bonchev–Trinajstić information content (AvgIpc) is 2.76. The molecule has 0 aliphatic carbocycles. The number of nitrogens with zero attached hydrogens (tertiary/aromatic N) is 1. The summed E-state index contributed by atoms with van der Waals surface area (Å²) in [5, 5.41) is 11.4. The van der Waals surface area contributed by atoms with E-state index in [9.17, 15) is 22.8 Å². The number of carbonyl (C=O) groups excluding carboxylic acids is 2. The Morgan fingerprint density at radius 1 is 1.12 bits per heavy atom. The molecular formula is C22H33N3O6S. The van der Waals surface area contributed by atoms with Gasteiger partial charge in [-0.25, -0.2) is 8.42 Å². The molecule has 0 unspecified atom stereocenters. The van der Waals surface area contributed by atoms with Gasteiger partial charge in [-0.2, -0.15) is 4.72 Å². The Balaban J connectivity index is 2.07. The van der Waals surface area contributed by atoms with Crippen molar-refractivity contribution in [2.45, 2.75) is 63.9 Å². The van der Waals surface area contributed by atoms with E-state index in [1.807, 2.05) is 20.8 Å². The van der Waals surface area contributed by atoms with Gasteiger partial charge in [0.25, 0.3) is 0 Å². The number of rotatable bonds is 9. The Kier molecular flexibility index (Phi) is 8.80. The summed E-state index contributed by atoms with van der Waals surface area (Å²) in [4.78, 5) is 38.1. The SMILES string of the molecule is CC[C@H](C)[C@@H](NS(=O)(=O)c1ccc(C)cc1)C(=O)N1CCC(C(=O)N[C@@H](C)C(=O)O)CC1. The molecule has 32 heavy (non-hydrogen) atoms. The van der Waals surface area contributed by atoms with Crippen molar-refractivity contribution >= 4 is 27.8 Å². The van der Waals surface area contributed by atoms with Crippen LogP contribution in [0.4, 0.5) is 0 Å². The lowest BCUT2D eigenvalue weighted by Crippen LogP contribution is -2.54. The number of carbonyl (C=O) groups is 3. The molecule has 1 aromatic rings. The minimum Gasteiger partial charge on any atom is -0.480 e. The van der Waals surface area contributed by atoms with E-state index in [0.717, 1.165) is 5.56 Å². The second-order valence-electron chi connectivity index (χ2n) is 8.47.